The lowest BCUT2D eigenvalue weighted by molar-refractivity contribution is 0.183. The molecule has 0 unspecified atom stereocenters. The molecule has 0 saturated heterocycles. The number of hydrogen-bond acceptors (Lipinski definition) is 3. The molecule has 0 bridgehead atoms. The quantitative estimate of drug-likeness (QED) is 0.813. The summed E-state index contributed by atoms with van der Waals surface area (Å²) in [5.74, 6) is 0.152. The van der Waals surface area contributed by atoms with E-state index in [1.54, 1.807) is 13.2 Å². The first-order valence-electron chi connectivity index (χ1n) is 4.89. The van der Waals surface area contributed by atoms with Crippen molar-refractivity contribution < 1.29 is 9.84 Å². The van der Waals surface area contributed by atoms with E-state index in [-0.39, 0.29) is 5.75 Å². The fourth-order valence-corrected chi connectivity index (χ4v) is 1.68. The average Bonchev–Trinajstić information content (AvgIpc) is 2.23. The number of ether oxygens (including phenoxy) is 1. The van der Waals surface area contributed by atoms with E-state index in [0.29, 0.717) is 18.2 Å². The SMILES string of the molecule is COCc1ccc(Cl)c(O)c1CCCN. The molecule has 0 spiro atoms. The van der Waals surface area contributed by atoms with Gasteiger partial charge in [0.05, 0.1) is 11.6 Å². The summed E-state index contributed by atoms with van der Waals surface area (Å²) in [6.07, 6.45) is 1.55. The van der Waals surface area contributed by atoms with Crippen molar-refractivity contribution in [3.05, 3.63) is 28.3 Å². The molecule has 1 aromatic rings. The van der Waals surface area contributed by atoms with E-state index in [4.69, 9.17) is 22.1 Å². The van der Waals surface area contributed by atoms with Crippen LogP contribution < -0.4 is 5.73 Å². The van der Waals surface area contributed by atoms with Crippen LogP contribution in [0.25, 0.3) is 0 Å². The number of phenols is 1. The Kier molecular flexibility index (Phi) is 4.88. The molecule has 15 heavy (non-hydrogen) atoms. The standard InChI is InChI=1S/C11H16ClNO2/c1-15-7-8-4-5-10(12)11(14)9(8)3-2-6-13/h4-5,14H,2-3,6-7,13H2,1H3. The smallest absolute Gasteiger partial charge is 0.137 e. The highest BCUT2D eigenvalue weighted by atomic mass is 35.5. The number of hydrogen-bond donors (Lipinski definition) is 2. The maximum atomic E-state index is 9.80. The summed E-state index contributed by atoms with van der Waals surface area (Å²) in [5.41, 5.74) is 7.25. The van der Waals surface area contributed by atoms with Gasteiger partial charge in [-0.3, -0.25) is 0 Å². The zero-order valence-electron chi connectivity index (χ0n) is 8.79. The predicted molar refractivity (Wildman–Crippen MR) is 61.2 cm³/mol. The molecule has 0 amide bonds. The summed E-state index contributed by atoms with van der Waals surface area (Å²) in [6.45, 7) is 1.07. The van der Waals surface area contributed by atoms with Crippen LogP contribution in [-0.4, -0.2) is 18.8 Å². The van der Waals surface area contributed by atoms with Gasteiger partial charge in [0.2, 0.25) is 0 Å². The van der Waals surface area contributed by atoms with E-state index < -0.39 is 0 Å². The highest BCUT2D eigenvalue weighted by Gasteiger charge is 2.10. The van der Waals surface area contributed by atoms with Gasteiger partial charge in [-0.25, -0.2) is 0 Å². The number of nitrogens with two attached hydrogens (primary N) is 1. The molecule has 0 radical (unpaired) electrons. The lowest BCUT2D eigenvalue weighted by atomic mass is 10.0. The Labute approximate surface area is 94.8 Å². The summed E-state index contributed by atoms with van der Waals surface area (Å²) in [7, 11) is 1.62. The monoisotopic (exact) mass is 229 g/mol. The van der Waals surface area contributed by atoms with Crippen molar-refractivity contribution in [1.82, 2.24) is 0 Å². The van der Waals surface area contributed by atoms with E-state index in [1.807, 2.05) is 6.07 Å². The molecule has 0 atom stereocenters. The van der Waals surface area contributed by atoms with Crippen LogP contribution >= 0.6 is 11.6 Å². The van der Waals surface area contributed by atoms with Crippen molar-refractivity contribution in [2.24, 2.45) is 5.73 Å². The highest BCUT2D eigenvalue weighted by molar-refractivity contribution is 6.32. The number of benzene rings is 1. The van der Waals surface area contributed by atoms with Crippen LogP contribution in [-0.2, 0) is 17.8 Å². The third-order valence-electron chi connectivity index (χ3n) is 2.26. The van der Waals surface area contributed by atoms with Gasteiger partial charge in [0.15, 0.2) is 0 Å². The number of rotatable bonds is 5. The van der Waals surface area contributed by atoms with Crippen molar-refractivity contribution in [1.29, 1.82) is 0 Å². The highest BCUT2D eigenvalue weighted by Crippen LogP contribution is 2.31. The first-order chi connectivity index (χ1) is 7.20. The van der Waals surface area contributed by atoms with Gasteiger partial charge >= 0.3 is 0 Å². The van der Waals surface area contributed by atoms with Crippen molar-refractivity contribution in [2.45, 2.75) is 19.4 Å². The number of aromatic hydroxyl groups is 1. The zero-order chi connectivity index (χ0) is 11.3. The topological polar surface area (TPSA) is 55.5 Å². The second-order valence-corrected chi connectivity index (χ2v) is 3.77. The van der Waals surface area contributed by atoms with Crippen LogP contribution in [0.3, 0.4) is 0 Å². The molecular formula is C11H16ClNO2. The Morgan fingerprint density at radius 2 is 2.20 bits per heavy atom. The average molecular weight is 230 g/mol. The molecule has 0 saturated carbocycles. The van der Waals surface area contributed by atoms with Crippen LogP contribution in [0.5, 0.6) is 5.75 Å². The summed E-state index contributed by atoms with van der Waals surface area (Å²) in [6, 6.07) is 3.55. The van der Waals surface area contributed by atoms with Crippen LogP contribution in [0.2, 0.25) is 5.02 Å². The molecule has 4 heteroatoms. The molecular weight excluding hydrogens is 214 g/mol. The van der Waals surface area contributed by atoms with E-state index in [0.717, 1.165) is 24.0 Å². The van der Waals surface area contributed by atoms with Crippen LogP contribution in [0.4, 0.5) is 0 Å². The lowest BCUT2D eigenvalue weighted by Gasteiger charge is -2.11. The Hall–Kier alpha value is -0.770. The summed E-state index contributed by atoms with van der Waals surface area (Å²) < 4.78 is 5.06. The fourth-order valence-electron chi connectivity index (χ4n) is 1.50. The Morgan fingerprint density at radius 3 is 2.80 bits per heavy atom. The van der Waals surface area contributed by atoms with Gasteiger partial charge in [-0.2, -0.15) is 0 Å². The van der Waals surface area contributed by atoms with Crippen molar-refractivity contribution in [3.8, 4) is 5.75 Å². The third-order valence-corrected chi connectivity index (χ3v) is 2.57. The molecule has 3 N–H and O–H groups in total. The summed E-state index contributed by atoms with van der Waals surface area (Å²) >= 11 is 5.84. The molecule has 0 aliphatic rings. The Balaban J connectivity index is 2.99. The lowest BCUT2D eigenvalue weighted by Crippen LogP contribution is -2.03. The number of phenolic OH excluding ortho intramolecular Hbond substituents is 1. The largest absolute Gasteiger partial charge is 0.506 e. The maximum absolute atomic E-state index is 9.80. The van der Waals surface area contributed by atoms with E-state index in [9.17, 15) is 5.11 Å². The van der Waals surface area contributed by atoms with Crippen molar-refractivity contribution in [3.63, 3.8) is 0 Å². The minimum Gasteiger partial charge on any atom is -0.506 e. The molecule has 1 aromatic carbocycles. The first kappa shape index (κ1) is 12.3. The van der Waals surface area contributed by atoms with E-state index >= 15 is 0 Å². The Morgan fingerprint density at radius 1 is 1.47 bits per heavy atom. The molecule has 0 aliphatic heterocycles. The van der Waals surface area contributed by atoms with Crippen LogP contribution in [0.15, 0.2) is 12.1 Å². The van der Waals surface area contributed by atoms with E-state index in [1.165, 1.54) is 0 Å². The Bertz CT molecular complexity index is 329. The molecule has 0 aromatic heterocycles. The van der Waals surface area contributed by atoms with Gasteiger partial charge in [0.1, 0.15) is 5.75 Å². The summed E-state index contributed by atoms with van der Waals surface area (Å²) in [4.78, 5) is 0. The van der Waals surface area contributed by atoms with Crippen LogP contribution in [0.1, 0.15) is 17.5 Å². The minimum atomic E-state index is 0.152. The summed E-state index contributed by atoms with van der Waals surface area (Å²) in [5, 5.41) is 10.2. The molecule has 0 fully saturated rings. The second-order valence-electron chi connectivity index (χ2n) is 3.36. The third kappa shape index (κ3) is 3.09. The van der Waals surface area contributed by atoms with Gasteiger partial charge < -0.3 is 15.6 Å². The number of halogens is 1. The van der Waals surface area contributed by atoms with Gasteiger partial charge in [-0.1, -0.05) is 17.7 Å². The van der Waals surface area contributed by atoms with Crippen molar-refractivity contribution in [2.75, 3.05) is 13.7 Å². The molecule has 1 rings (SSSR count). The fraction of sp³-hybridized carbons (Fsp3) is 0.455. The first-order valence-corrected chi connectivity index (χ1v) is 5.26. The second kappa shape index (κ2) is 5.95. The van der Waals surface area contributed by atoms with Gasteiger partial charge in [0, 0.05) is 12.7 Å². The zero-order valence-corrected chi connectivity index (χ0v) is 9.55. The minimum absolute atomic E-state index is 0.152. The van der Waals surface area contributed by atoms with Crippen molar-refractivity contribution >= 4 is 11.6 Å². The van der Waals surface area contributed by atoms with Gasteiger partial charge in [-0.15, -0.1) is 0 Å². The molecule has 3 nitrogen and oxygen atoms in total. The maximum Gasteiger partial charge on any atom is 0.137 e. The number of methoxy groups -OCH3 is 1. The van der Waals surface area contributed by atoms with Gasteiger partial charge in [-0.05, 0) is 31.0 Å². The predicted octanol–water partition coefficient (Wildman–Crippen LogP) is 2.08. The van der Waals surface area contributed by atoms with E-state index in [2.05, 4.69) is 0 Å². The molecule has 84 valence electrons. The normalized spacial score (nSPS) is 10.6. The molecule has 0 heterocycles. The molecule has 0 aliphatic carbocycles. The van der Waals surface area contributed by atoms with Gasteiger partial charge in [0.25, 0.3) is 0 Å². The van der Waals surface area contributed by atoms with Crippen LogP contribution in [0, 0.1) is 0 Å².